The highest BCUT2D eigenvalue weighted by molar-refractivity contribution is 5.99. The number of carbonyl (C=O) groups is 2. The highest BCUT2D eigenvalue weighted by atomic mass is 16.2. The lowest BCUT2D eigenvalue weighted by Crippen LogP contribution is -2.33. The molecule has 0 spiro atoms. The van der Waals surface area contributed by atoms with Crippen LogP contribution in [0.25, 0.3) is 0 Å². The Hall–Kier alpha value is -2.62. The Morgan fingerprint density at radius 1 is 0.913 bits per heavy atom. The Morgan fingerprint density at radius 2 is 1.61 bits per heavy atom. The van der Waals surface area contributed by atoms with Gasteiger partial charge in [0, 0.05) is 11.3 Å². The molecule has 0 aromatic heterocycles. The smallest absolute Gasteiger partial charge is 0.251 e. The lowest BCUT2D eigenvalue weighted by Gasteiger charge is -2.10. The Balaban J connectivity index is 1.89. The number of hydrogen-bond acceptors (Lipinski definition) is 2. The van der Waals surface area contributed by atoms with Gasteiger partial charge in [-0.15, -0.1) is 0 Å². The number of aryl methyl sites for hydroxylation is 2. The summed E-state index contributed by atoms with van der Waals surface area (Å²) in [4.78, 5) is 24.0. The fourth-order valence-corrected chi connectivity index (χ4v) is 2.30. The molecular formula is C19H22N2O2. The van der Waals surface area contributed by atoms with E-state index in [1.807, 2.05) is 43.3 Å². The largest absolute Gasteiger partial charge is 0.343 e. The van der Waals surface area contributed by atoms with Gasteiger partial charge in [0.25, 0.3) is 5.91 Å². The maximum absolute atomic E-state index is 12.0. The molecule has 0 saturated carbocycles. The third-order valence-electron chi connectivity index (χ3n) is 3.71. The number of benzene rings is 2. The van der Waals surface area contributed by atoms with Gasteiger partial charge in [-0.05, 0) is 42.2 Å². The average molecular weight is 310 g/mol. The summed E-state index contributed by atoms with van der Waals surface area (Å²) in [5.41, 5.74) is 3.60. The Morgan fingerprint density at radius 3 is 2.26 bits per heavy atom. The van der Waals surface area contributed by atoms with Crippen LogP contribution in [0.2, 0.25) is 0 Å². The lowest BCUT2D eigenvalue weighted by molar-refractivity contribution is -0.115. The molecule has 2 aromatic rings. The van der Waals surface area contributed by atoms with Crippen molar-refractivity contribution in [1.29, 1.82) is 0 Å². The molecule has 0 bridgehead atoms. The van der Waals surface area contributed by atoms with Crippen molar-refractivity contribution in [3.05, 3.63) is 65.2 Å². The van der Waals surface area contributed by atoms with Crippen molar-refractivity contribution in [1.82, 2.24) is 5.32 Å². The van der Waals surface area contributed by atoms with Crippen LogP contribution in [0, 0.1) is 0 Å². The normalized spacial score (nSPS) is 10.2. The number of para-hydroxylation sites is 1. The van der Waals surface area contributed by atoms with E-state index >= 15 is 0 Å². The van der Waals surface area contributed by atoms with Crippen LogP contribution >= 0.6 is 0 Å². The first-order valence-electron chi connectivity index (χ1n) is 7.89. The van der Waals surface area contributed by atoms with E-state index in [1.165, 1.54) is 5.56 Å². The summed E-state index contributed by atoms with van der Waals surface area (Å²) in [7, 11) is 0. The SMILES string of the molecule is CCc1ccc(C(=O)NCC(=O)Nc2ccccc2CC)cc1. The zero-order chi connectivity index (χ0) is 16.7. The van der Waals surface area contributed by atoms with Gasteiger partial charge in [-0.25, -0.2) is 0 Å². The molecule has 0 aliphatic carbocycles. The Kier molecular flexibility index (Phi) is 5.92. The zero-order valence-electron chi connectivity index (χ0n) is 13.6. The number of nitrogens with one attached hydrogen (secondary N) is 2. The van der Waals surface area contributed by atoms with E-state index in [-0.39, 0.29) is 18.4 Å². The van der Waals surface area contributed by atoms with Crippen LogP contribution in [-0.2, 0) is 17.6 Å². The van der Waals surface area contributed by atoms with Gasteiger partial charge in [-0.2, -0.15) is 0 Å². The lowest BCUT2D eigenvalue weighted by atomic mass is 10.1. The van der Waals surface area contributed by atoms with Crippen molar-refractivity contribution in [3.8, 4) is 0 Å². The second-order valence-electron chi connectivity index (χ2n) is 5.29. The quantitative estimate of drug-likeness (QED) is 0.861. The van der Waals surface area contributed by atoms with E-state index in [1.54, 1.807) is 12.1 Å². The maximum Gasteiger partial charge on any atom is 0.251 e. The molecule has 0 radical (unpaired) electrons. The minimum absolute atomic E-state index is 0.0492. The van der Waals surface area contributed by atoms with E-state index in [0.29, 0.717) is 5.56 Å². The Bertz CT molecular complexity index is 678. The van der Waals surface area contributed by atoms with Crippen molar-refractivity contribution >= 4 is 17.5 Å². The van der Waals surface area contributed by atoms with Crippen molar-refractivity contribution < 1.29 is 9.59 Å². The van der Waals surface area contributed by atoms with Crippen LogP contribution in [0.3, 0.4) is 0 Å². The summed E-state index contributed by atoms with van der Waals surface area (Å²) in [6, 6.07) is 15.1. The number of anilines is 1. The molecule has 2 aromatic carbocycles. The predicted octanol–water partition coefficient (Wildman–Crippen LogP) is 3.18. The maximum atomic E-state index is 12.0. The second kappa shape index (κ2) is 8.13. The molecule has 4 heteroatoms. The molecule has 0 aliphatic rings. The predicted molar refractivity (Wildman–Crippen MR) is 92.6 cm³/mol. The summed E-state index contributed by atoms with van der Waals surface area (Å²) in [5.74, 6) is -0.476. The van der Waals surface area contributed by atoms with E-state index in [0.717, 1.165) is 24.1 Å². The van der Waals surface area contributed by atoms with Gasteiger partial charge in [-0.3, -0.25) is 9.59 Å². The highest BCUT2D eigenvalue weighted by Crippen LogP contribution is 2.15. The fraction of sp³-hybridized carbons (Fsp3) is 0.263. The summed E-state index contributed by atoms with van der Waals surface area (Å²) < 4.78 is 0. The van der Waals surface area contributed by atoms with Gasteiger partial charge < -0.3 is 10.6 Å². The van der Waals surface area contributed by atoms with Crippen LogP contribution in [0.4, 0.5) is 5.69 Å². The van der Waals surface area contributed by atoms with Gasteiger partial charge in [0.15, 0.2) is 0 Å². The molecule has 0 heterocycles. The van der Waals surface area contributed by atoms with E-state index in [2.05, 4.69) is 17.6 Å². The van der Waals surface area contributed by atoms with Crippen LogP contribution in [-0.4, -0.2) is 18.4 Å². The summed E-state index contributed by atoms with van der Waals surface area (Å²) in [5, 5.41) is 5.48. The van der Waals surface area contributed by atoms with Gasteiger partial charge in [0.2, 0.25) is 5.91 Å². The fourth-order valence-electron chi connectivity index (χ4n) is 2.30. The zero-order valence-corrected chi connectivity index (χ0v) is 13.6. The minimum atomic E-state index is -0.244. The monoisotopic (exact) mass is 310 g/mol. The molecule has 2 amide bonds. The standard InChI is InChI=1S/C19H22N2O2/c1-3-14-9-11-16(12-10-14)19(23)20-13-18(22)21-17-8-6-5-7-15(17)4-2/h5-12H,3-4,13H2,1-2H3,(H,20,23)(H,21,22). The van der Waals surface area contributed by atoms with Gasteiger partial charge in [0.1, 0.15) is 0 Å². The van der Waals surface area contributed by atoms with Gasteiger partial charge in [0.05, 0.1) is 6.54 Å². The molecule has 4 nitrogen and oxygen atoms in total. The minimum Gasteiger partial charge on any atom is -0.343 e. The molecule has 0 aliphatic heterocycles. The first-order chi connectivity index (χ1) is 11.1. The average Bonchev–Trinajstić information content (AvgIpc) is 2.60. The third kappa shape index (κ3) is 4.68. The molecule has 0 atom stereocenters. The van der Waals surface area contributed by atoms with Gasteiger partial charge in [-0.1, -0.05) is 44.2 Å². The van der Waals surface area contributed by atoms with E-state index < -0.39 is 0 Å². The van der Waals surface area contributed by atoms with Crippen LogP contribution in [0.5, 0.6) is 0 Å². The van der Waals surface area contributed by atoms with E-state index in [4.69, 9.17) is 0 Å². The molecule has 0 saturated heterocycles. The molecule has 0 fully saturated rings. The third-order valence-corrected chi connectivity index (χ3v) is 3.71. The number of carbonyl (C=O) groups excluding carboxylic acids is 2. The summed E-state index contributed by atoms with van der Waals surface area (Å²) in [6.07, 6.45) is 1.77. The molecule has 23 heavy (non-hydrogen) atoms. The van der Waals surface area contributed by atoms with Crippen molar-refractivity contribution in [2.45, 2.75) is 26.7 Å². The van der Waals surface area contributed by atoms with Crippen molar-refractivity contribution in [2.24, 2.45) is 0 Å². The van der Waals surface area contributed by atoms with Crippen LogP contribution in [0.1, 0.15) is 35.3 Å². The number of hydrogen-bond donors (Lipinski definition) is 2. The van der Waals surface area contributed by atoms with Crippen molar-refractivity contribution in [2.75, 3.05) is 11.9 Å². The first kappa shape index (κ1) is 16.7. The second-order valence-corrected chi connectivity index (χ2v) is 5.29. The van der Waals surface area contributed by atoms with Crippen LogP contribution < -0.4 is 10.6 Å². The molecule has 2 rings (SSSR count). The highest BCUT2D eigenvalue weighted by Gasteiger charge is 2.09. The number of rotatable bonds is 6. The van der Waals surface area contributed by atoms with Crippen molar-refractivity contribution in [3.63, 3.8) is 0 Å². The molecule has 0 unspecified atom stereocenters. The summed E-state index contributed by atoms with van der Waals surface area (Å²) >= 11 is 0. The summed E-state index contributed by atoms with van der Waals surface area (Å²) in [6.45, 7) is 4.05. The number of amides is 2. The molecular weight excluding hydrogens is 288 g/mol. The van der Waals surface area contributed by atoms with Gasteiger partial charge >= 0.3 is 0 Å². The Labute approximate surface area is 136 Å². The first-order valence-corrected chi connectivity index (χ1v) is 7.89. The molecule has 2 N–H and O–H groups in total. The molecule has 120 valence electrons. The topological polar surface area (TPSA) is 58.2 Å². The van der Waals surface area contributed by atoms with E-state index in [9.17, 15) is 9.59 Å². The van der Waals surface area contributed by atoms with Crippen LogP contribution in [0.15, 0.2) is 48.5 Å².